The largest absolute Gasteiger partial charge is 0.454 e. The van der Waals surface area contributed by atoms with E-state index in [0.29, 0.717) is 30.2 Å². The second-order valence-electron chi connectivity index (χ2n) is 6.25. The Bertz CT molecular complexity index is 816. The molecule has 25 heavy (non-hydrogen) atoms. The fraction of sp³-hybridized carbons (Fsp3) is 0.316. The van der Waals surface area contributed by atoms with Gasteiger partial charge >= 0.3 is 0 Å². The molecule has 0 bridgehead atoms. The van der Waals surface area contributed by atoms with Crippen LogP contribution in [0.3, 0.4) is 0 Å². The highest BCUT2D eigenvalue weighted by molar-refractivity contribution is 6.30. The van der Waals surface area contributed by atoms with Crippen LogP contribution in [0.5, 0.6) is 11.5 Å². The number of para-hydroxylation sites is 1. The molecular formula is C19H19ClN2O3. The number of amides is 1. The normalized spacial score (nSPS) is 16.2. The molecule has 0 N–H and O–H groups in total. The van der Waals surface area contributed by atoms with E-state index >= 15 is 0 Å². The van der Waals surface area contributed by atoms with Crippen molar-refractivity contribution in [2.24, 2.45) is 0 Å². The highest BCUT2D eigenvalue weighted by Crippen LogP contribution is 2.36. The monoisotopic (exact) mass is 358 g/mol. The average Bonchev–Trinajstić information content (AvgIpc) is 3.12. The number of hydrogen-bond acceptors (Lipinski definition) is 4. The number of aryl methyl sites for hydroxylation is 1. The van der Waals surface area contributed by atoms with Gasteiger partial charge in [0, 0.05) is 36.9 Å². The Hall–Kier alpha value is -2.40. The number of piperazine rings is 1. The van der Waals surface area contributed by atoms with Crippen LogP contribution in [-0.2, 0) is 0 Å². The summed E-state index contributed by atoms with van der Waals surface area (Å²) < 4.78 is 10.8. The van der Waals surface area contributed by atoms with Crippen LogP contribution in [0, 0.1) is 6.92 Å². The van der Waals surface area contributed by atoms with Crippen molar-refractivity contribution in [1.82, 2.24) is 4.90 Å². The zero-order valence-corrected chi connectivity index (χ0v) is 14.8. The maximum absolute atomic E-state index is 12.9. The summed E-state index contributed by atoms with van der Waals surface area (Å²) in [5, 5.41) is 0.733. The number of carbonyl (C=O) groups excluding carboxylic acids is 1. The SMILES string of the molecule is Cc1ccc(Cl)cc1N1CCN(C(=O)c2cccc3c2OCO3)CC1. The van der Waals surface area contributed by atoms with Gasteiger partial charge in [-0.2, -0.15) is 0 Å². The van der Waals surface area contributed by atoms with Gasteiger partial charge in [0.25, 0.3) is 5.91 Å². The fourth-order valence-electron chi connectivity index (χ4n) is 3.34. The van der Waals surface area contributed by atoms with Crippen LogP contribution in [0.25, 0.3) is 0 Å². The van der Waals surface area contributed by atoms with Crippen molar-refractivity contribution < 1.29 is 14.3 Å². The molecule has 1 amide bonds. The summed E-state index contributed by atoms with van der Waals surface area (Å²) in [5.41, 5.74) is 2.90. The van der Waals surface area contributed by atoms with E-state index in [2.05, 4.69) is 11.8 Å². The minimum atomic E-state index is -0.00943. The number of nitrogens with zero attached hydrogens (tertiary/aromatic N) is 2. The zero-order chi connectivity index (χ0) is 17.4. The van der Waals surface area contributed by atoms with Crippen molar-refractivity contribution in [2.45, 2.75) is 6.92 Å². The van der Waals surface area contributed by atoms with Gasteiger partial charge in [0.05, 0.1) is 5.56 Å². The van der Waals surface area contributed by atoms with Crippen LogP contribution >= 0.6 is 11.6 Å². The summed E-state index contributed by atoms with van der Waals surface area (Å²) in [6.45, 7) is 5.12. The van der Waals surface area contributed by atoms with Crippen molar-refractivity contribution in [3.8, 4) is 11.5 Å². The Labute approximate surface area is 151 Å². The first-order chi connectivity index (χ1) is 12.1. The molecule has 6 heteroatoms. The molecule has 2 heterocycles. The first kappa shape index (κ1) is 16.1. The first-order valence-corrected chi connectivity index (χ1v) is 8.70. The number of ether oxygens (including phenoxy) is 2. The molecule has 0 spiro atoms. The quantitative estimate of drug-likeness (QED) is 0.825. The number of fused-ring (bicyclic) bond motifs is 1. The van der Waals surface area contributed by atoms with Crippen molar-refractivity contribution >= 4 is 23.2 Å². The molecule has 4 rings (SSSR count). The van der Waals surface area contributed by atoms with Gasteiger partial charge in [-0.15, -0.1) is 0 Å². The summed E-state index contributed by atoms with van der Waals surface area (Å²) in [4.78, 5) is 17.0. The van der Waals surface area contributed by atoms with Crippen molar-refractivity contribution in [3.05, 3.63) is 52.5 Å². The highest BCUT2D eigenvalue weighted by atomic mass is 35.5. The second kappa shape index (κ2) is 6.48. The third kappa shape index (κ3) is 3.00. The number of carbonyl (C=O) groups is 1. The Morgan fingerprint density at radius 3 is 2.68 bits per heavy atom. The average molecular weight is 359 g/mol. The summed E-state index contributed by atoms with van der Waals surface area (Å²) in [6.07, 6.45) is 0. The van der Waals surface area contributed by atoms with Gasteiger partial charge in [0.2, 0.25) is 6.79 Å². The van der Waals surface area contributed by atoms with Crippen molar-refractivity contribution in [3.63, 3.8) is 0 Å². The number of halogens is 1. The lowest BCUT2D eigenvalue weighted by atomic mass is 10.1. The van der Waals surface area contributed by atoms with Gasteiger partial charge in [0.15, 0.2) is 11.5 Å². The van der Waals surface area contributed by atoms with E-state index in [4.69, 9.17) is 21.1 Å². The van der Waals surface area contributed by atoms with Crippen LogP contribution in [-0.4, -0.2) is 43.8 Å². The number of benzene rings is 2. The standard InChI is InChI=1S/C19H19ClN2O3/c1-13-5-6-14(20)11-16(13)21-7-9-22(10-8-21)19(23)15-3-2-4-17-18(15)25-12-24-17/h2-6,11H,7-10,12H2,1H3. The lowest BCUT2D eigenvalue weighted by Gasteiger charge is -2.37. The van der Waals surface area contributed by atoms with E-state index in [1.54, 1.807) is 6.07 Å². The third-order valence-corrected chi connectivity index (χ3v) is 4.94. The Balaban J connectivity index is 1.48. The van der Waals surface area contributed by atoms with Crippen LogP contribution in [0.15, 0.2) is 36.4 Å². The van der Waals surface area contributed by atoms with E-state index < -0.39 is 0 Å². The third-order valence-electron chi connectivity index (χ3n) is 4.71. The van der Waals surface area contributed by atoms with Crippen LogP contribution in [0.2, 0.25) is 5.02 Å². The molecule has 0 aliphatic carbocycles. The molecule has 0 unspecified atom stereocenters. The zero-order valence-electron chi connectivity index (χ0n) is 14.0. The molecule has 5 nitrogen and oxygen atoms in total. The second-order valence-corrected chi connectivity index (χ2v) is 6.69. The van der Waals surface area contributed by atoms with Gasteiger partial charge in [-0.05, 0) is 36.8 Å². The van der Waals surface area contributed by atoms with Crippen molar-refractivity contribution in [1.29, 1.82) is 0 Å². The summed E-state index contributed by atoms with van der Waals surface area (Å²) in [7, 11) is 0. The number of rotatable bonds is 2. The Morgan fingerprint density at radius 2 is 1.88 bits per heavy atom. The van der Waals surface area contributed by atoms with Gasteiger partial charge in [-0.3, -0.25) is 4.79 Å². The predicted molar refractivity (Wildman–Crippen MR) is 96.9 cm³/mol. The first-order valence-electron chi connectivity index (χ1n) is 8.32. The summed E-state index contributed by atoms with van der Waals surface area (Å²) in [5.74, 6) is 1.18. The van der Waals surface area contributed by atoms with E-state index in [0.717, 1.165) is 23.8 Å². The lowest BCUT2D eigenvalue weighted by molar-refractivity contribution is 0.0742. The molecule has 0 aromatic heterocycles. The minimum Gasteiger partial charge on any atom is -0.454 e. The number of anilines is 1. The van der Waals surface area contributed by atoms with Crippen LogP contribution < -0.4 is 14.4 Å². The minimum absolute atomic E-state index is 0.00943. The molecule has 0 radical (unpaired) electrons. The summed E-state index contributed by atoms with van der Waals surface area (Å²) >= 11 is 6.13. The predicted octanol–water partition coefficient (Wildman–Crippen LogP) is 3.34. The molecule has 2 aliphatic heterocycles. The fourth-order valence-corrected chi connectivity index (χ4v) is 3.51. The van der Waals surface area contributed by atoms with Gasteiger partial charge in [-0.1, -0.05) is 23.7 Å². The maximum Gasteiger partial charge on any atom is 0.257 e. The molecule has 2 aromatic rings. The lowest BCUT2D eigenvalue weighted by Crippen LogP contribution is -2.49. The molecule has 2 aliphatic rings. The molecule has 0 atom stereocenters. The van der Waals surface area contributed by atoms with Crippen molar-refractivity contribution in [2.75, 3.05) is 37.9 Å². The smallest absolute Gasteiger partial charge is 0.257 e. The highest BCUT2D eigenvalue weighted by Gasteiger charge is 2.28. The van der Waals surface area contributed by atoms with E-state index in [9.17, 15) is 4.79 Å². The summed E-state index contributed by atoms with van der Waals surface area (Å²) in [6, 6.07) is 11.4. The molecule has 130 valence electrons. The van der Waals surface area contributed by atoms with E-state index in [-0.39, 0.29) is 12.7 Å². The van der Waals surface area contributed by atoms with E-state index in [1.807, 2.05) is 35.2 Å². The molecule has 1 fully saturated rings. The van der Waals surface area contributed by atoms with E-state index in [1.165, 1.54) is 5.56 Å². The molecular weight excluding hydrogens is 340 g/mol. The van der Waals surface area contributed by atoms with Crippen LogP contribution in [0.1, 0.15) is 15.9 Å². The molecule has 0 saturated carbocycles. The van der Waals surface area contributed by atoms with Gasteiger partial charge < -0.3 is 19.3 Å². The van der Waals surface area contributed by atoms with Gasteiger partial charge in [0.1, 0.15) is 0 Å². The molecule has 2 aromatic carbocycles. The Morgan fingerprint density at radius 1 is 1.08 bits per heavy atom. The Kier molecular flexibility index (Phi) is 4.17. The number of hydrogen-bond donors (Lipinski definition) is 0. The maximum atomic E-state index is 12.9. The van der Waals surface area contributed by atoms with Crippen LogP contribution in [0.4, 0.5) is 5.69 Å². The molecule has 1 saturated heterocycles. The van der Waals surface area contributed by atoms with Gasteiger partial charge in [-0.25, -0.2) is 0 Å². The topological polar surface area (TPSA) is 42.0 Å².